The van der Waals surface area contributed by atoms with E-state index in [4.69, 9.17) is 0 Å². The van der Waals surface area contributed by atoms with Crippen molar-refractivity contribution in [2.24, 2.45) is 0 Å². The van der Waals surface area contributed by atoms with E-state index in [1.54, 1.807) is 0 Å². The highest BCUT2D eigenvalue weighted by atomic mass is 79.9. The number of halogens is 2. The number of carbonyl (C=O) groups is 1. The monoisotopic (exact) mass is 264 g/mol. The fraction of sp³-hybridized carbons (Fsp3) is 0.125. The van der Waals surface area contributed by atoms with Crippen molar-refractivity contribution in [3.05, 3.63) is 21.9 Å². The molecule has 0 aliphatic carbocycles. The predicted molar refractivity (Wildman–Crippen MR) is 48.8 cm³/mol. The Bertz CT molecular complexity index is 391. The van der Waals surface area contributed by atoms with Gasteiger partial charge in [-0.3, -0.25) is 0 Å². The van der Waals surface area contributed by atoms with Crippen molar-refractivity contribution in [1.82, 2.24) is 0 Å². The van der Waals surface area contributed by atoms with Gasteiger partial charge < -0.3 is 14.9 Å². The maximum Gasteiger partial charge on any atom is 0.344 e. The number of rotatable bonds is 1. The average Bonchev–Trinajstić information content (AvgIpc) is 2.14. The molecule has 0 heterocycles. The number of carbonyl (C=O) groups excluding carboxylic acids is 1. The van der Waals surface area contributed by atoms with Gasteiger partial charge in [-0.25, -0.2) is 9.18 Å². The molecule has 0 aromatic heterocycles. The van der Waals surface area contributed by atoms with E-state index in [0.29, 0.717) is 0 Å². The third-order valence-corrected chi connectivity index (χ3v) is 2.17. The summed E-state index contributed by atoms with van der Waals surface area (Å²) in [5.74, 6) is -3.47. The van der Waals surface area contributed by atoms with Crippen LogP contribution < -0.4 is 0 Å². The first-order valence-electron chi connectivity index (χ1n) is 3.47. The maximum atomic E-state index is 13.1. The molecule has 0 spiro atoms. The molecule has 2 N–H and O–H groups in total. The smallest absolute Gasteiger partial charge is 0.344 e. The molecule has 0 amide bonds. The Morgan fingerprint density at radius 3 is 2.57 bits per heavy atom. The molecule has 14 heavy (non-hydrogen) atoms. The lowest BCUT2D eigenvalue weighted by molar-refractivity contribution is 0.0591. The molecule has 76 valence electrons. The van der Waals surface area contributed by atoms with Gasteiger partial charge in [0.15, 0.2) is 11.5 Å². The number of hydrogen-bond acceptors (Lipinski definition) is 4. The molecule has 0 aliphatic rings. The highest BCUT2D eigenvalue weighted by molar-refractivity contribution is 9.10. The second-order valence-electron chi connectivity index (χ2n) is 2.40. The minimum Gasteiger partial charge on any atom is -0.504 e. The van der Waals surface area contributed by atoms with E-state index < -0.39 is 28.8 Å². The van der Waals surface area contributed by atoms with Crippen LogP contribution >= 0.6 is 15.9 Å². The van der Waals surface area contributed by atoms with Crippen LogP contribution in [0.15, 0.2) is 10.5 Å². The molecule has 0 saturated carbocycles. The second kappa shape index (κ2) is 3.83. The van der Waals surface area contributed by atoms with E-state index in [1.807, 2.05) is 0 Å². The Morgan fingerprint density at radius 2 is 2.07 bits per heavy atom. The molecule has 1 aromatic carbocycles. The summed E-state index contributed by atoms with van der Waals surface area (Å²) in [5, 5.41) is 18.4. The van der Waals surface area contributed by atoms with Crippen molar-refractivity contribution >= 4 is 21.9 Å². The molecular formula is C8H6BrFO4. The first-order chi connectivity index (χ1) is 6.49. The lowest BCUT2D eigenvalue weighted by Crippen LogP contribution is -2.05. The van der Waals surface area contributed by atoms with Gasteiger partial charge in [-0.15, -0.1) is 0 Å². The molecule has 0 radical (unpaired) electrons. The Hall–Kier alpha value is -1.30. The fourth-order valence-electron chi connectivity index (χ4n) is 0.893. The minimum atomic E-state index is -1.05. The first-order valence-corrected chi connectivity index (χ1v) is 4.26. The highest BCUT2D eigenvalue weighted by Crippen LogP contribution is 2.37. The Kier molecular flexibility index (Phi) is 2.95. The zero-order chi connectivity index (χ0) is 10.9. The third kappa shape index (κ3) is 1.65. The summed E-state index contributed by atoms with van der Waals surface area (Å²) in [7, 11) is 1.04. The SMILES string of the molecule is COC(=O)c1c(F)cc(Br)c(O)c1O. The number of ether oxygens (including phenoxy) is 1. The van der Waals surface area contributed by atoms with Crippen molar-refractivity contribution < 1.29 is 24.1 Å². The van der Waals surface area contributed by atoms with E-state index in [2.05, 4.69) is 20.7 Å². The van der Waals surface area contributed by atoms with Crippen LogP contribution in [0.1, 0.15) is 10.4 Å². The number of phenolic OH excluding ortho intramolecular Hbond substituents is 2. The number of hydrogen-bond donors (Lipinski definition) is 2. The van der Waals surface area contributed by atoms with Crippen molar-refractivity contribution in [2.45, 2.75) is 0 Å². The molecular weight excluding hydrogens is 259 g/mol. The molecule has 1 aromatic rings. The average molecular weight is 265 g/mol. The van der Waals surface area contributed by atoms with Crippen LogP contribution in [0.25, 0.3) is 0 Å². The number of methoxy groups -OCH3 is 1. The molecule has 0 unspecified atom stereocenters. The summed E-state index contributed by atoms with van der Waals surface area (Å²) in [6.07, 6.45) is 0. The van der Waals surface area contributed by atoms with Crippen LogP contribution in [0.4, 0.5) is 4.39 Å². The molecule has 0 aliphatic heterocycles. The van der Waals surface area contributed by atoms with Crippen LogP contribution in [-0.2, 0) is 4.74 Å². The molecule has 4 nitrogen and oxygen atoms in total. The van der Waals surface area contributed by atoms with Gasteiger partial charge in [-0.1, -0.05) is 0 Å². The van der Waals surface area contributed by atoms with Crippen LogP contribution in [0, 0.1) is 5.82 Å². The number of esters is 1. The van der Waals surface area contributed by atoms with Crippen LogP contribution in [0.5, 0.6) is 11.5 Å². The zero-order valence-electron chi connectivity index (χ0n) is 7.04. The number of aromatic hydroxyl groups is 2. The standard InChI is InChI=1S/C8H6BrFO4/c1-14-8(13)5-4(10)2-3(9)6(11)7(5)12/h2,11-12H,1H3. The molecule has 0 atom stereocenters. The minimum absolute atomic E-state index is 0.0415. The zero-order valence-corrected chi connectivity index (χ0v) is 8.63. The van der Waals surface area contributed by atoms with Gasteiger partial charge in [0.2, 0.25) is 0 Å². The topological polar surface area (TPSA) is 66.8 Å². The summed E-state index contributed by atoms with van der Waals surface area (Å²) in [5.41, 5.74) is -0.687. The Balaban J connectivity index is 3.44. The molecule has 0 bridgehead atoms. The van der Waals surface area contributed by atoms with Crippen LogP contribution in [-0.4, -0.2) is 23.3 Å². The van der Waals surface area contributed by atoms with Gasteiger partial charge in [-0.05, 0) is 22.0 Å². The quantitative estimate of drug-likeness (QED) is 0.600. The van der Waals surface area contributed by atoms with Gasteiger partial charge in [0.1, 0.15) is 11.4 Å². The van der Waals surface area contributed by atoms with Crippen molar-refractivity contribution in [3.63, 3.8) is 0 Å². The summed E-state index contributed by atoms with van der Waals surface area (Å²) in [6.45, 7) is 0. The number of phenols is 2. The molecule has 0 saturated heterocycles. The lowest BCUT2D eigenvalue weighted by atomic mass is 10.2. The summed E-state index contributed by atoms with van der Waals surface area (Å²) >= 11 is 2.80. The van der Waals surface area contributed by atoms with Crippen LogP contribution in [0.3, 0.4) is 0 Å². The van der Waals surface area contributed by atoms with Gasteiger partial charge in [-0.2, -0.15) is 0 Å². The summed E-state index contributed by atoms with van der Waals surface area (Å²) < 4.78 is 17.3. The van der Waals surface area contributed by atoms with Gasteiger partial charge in [0, 0.05) is 0 Å². The highest BCUT2D eigenvalue weighted by Gasteiger charge is 2.22. The summed E-state index contributed by atoms with van der Waals surface area (Å²) in [4.78, 5) is 11.0. The van der Waals surface area contributed by atoms with Gasteiger partial charge in [0.25, 0.3) is 0 Å². The Morgan fingerprint density at radius 1 is 1.50 bits per heavy atom. The van der Waals surface area contributed by atoms with Gasteiger partial charge in [0.05, 0.1) is 11.6 Å². The predicted octanol–water partition coefficient (Wildman–Crippen LogP) is 1.79. The van der Waals surface area contributed by atoms with Gasteiger partial charge >= 0.3 is 5.97 Å². The van der Waals surface area contributed by atoms with E-state index in [9.17, 15) is 19.4 Å². The van der Waals surface area contributed by atoms with E-state index in [-0.39, 0.29) is 4.47 Å². The normalized spacial score (nSPS) is 9.93. The van der Waals surface area contributed by atoms with Crippen LogP contribution in [0.2, 0.25) is 0 Å². The molecule has 0 fully saturated rings. The third-order valence-electron chi connectivity index (χ3n) is 1.57. The van der Waals surface area contributed by atoms with E-state index in [1.165, 1.54) is 0 Å². The second-order valence-corrected chi connectivity index (χ2v) is 3.26. The van der Waals surface area contributed by atoms with Crippen molar-refractivity contribution in [1.29, 1.82) is 0 Å². The first kappa shape index (κ1) is 10.8. The Labute approximate surface area is 87.1 Å². The lowest BCUT2D eigenvalue weighted by Gasteiger charge is -2.06. The maximum absolute atomic E-state index is 13.1. The molecule has 6 heteroatoms. The number of benzene rings is 1. The van der Waals surface area contributed by atoms with Crippen molar-refractivity contribution in [3.8, 4) is 11.5 Å². The summed E-state index contributed by atoms with van der Waals surface area (Å²) in [6, 6.07) is 0.862. The fourth-order valence-corrected chi connectivity index (χ4v) is 1.28. The largest absolute Gasteiger partial charge is 0.504 e. The van der Waals surface area contributed by atoms with Crippen molar-refractivity contribution in [2.75, 3.05) is 7.11 Å². The molecule has 1 rings (SSSR count). The van der Waals surface area contributed by atoms with E-state index in [0.717, 1.165) is 13.2 Å². The van der Waals surface area contributed by atoms with E-state index >= 15 is 0 Å².